The predicted molar refractivity (Wildman–Crippen MR) is 104 cm³/mol. The SMILES string of the molecule is CN(C)CCN(Cc1nc2ccc(Cl)cc2[nH]1)c1ccccc1.Cl. The van der Waals surface area contributed by atoms with Crippen molar-refractivity contribution in [3.8, 4) is 0 Å². The van der Waals surface area contributed by atoms with E-state index in [2.05, 4.69) is 58.1 Å². The number of benzene rings is 2. The van der Waals surface area contributed by atoms with Crippen molar-refractivity contribution in [3.63, 3.8) is 0 Å². The fourth-order valence-electron chi connectivity index (χ4n) is 2.55. The molecule has 0 saturated carbocycles. The van der Waals surface area contributed by atoms with Crippen molar-refractivity contribution < 1.29 is 0 Å². The summed E-state index contributed by atoms with van der Waals surface area (Å²) in [6.45, 7) is 2.67. The molecule has 4 nitrogen and oxygen atoms in total. The van der Waals surface area contributed by atoms with E-state index < -0.39 is 0 Å². The van der Waals surface area contributed by atoms with Crippen LogP contribution in [0.15, 0.2) is 48.5 Å². The molecule has 1 heterocycles. The van der Waals surface area contributed by atoms with Crippen LogP contribution in [0.2, 0.25) is 5.02 Å². The Labute approximate surface area is 153 Å². The Kier molecular flexibility index (Phi) is 6.49. The molecule has 6 heteroatoms. The van der Waals surface area contributed by atoms with Crippen molar-refractivity contribution in [1.82, 2.24) is 14.9 Å². The molecular formula is C18H22Cl2N4. The maximum Gasteiger partial charge on any atom is 0.126 e. The molecule has 0 atom stereocenters. The lowest BCUT2D eigenvalue weighted by molar-refractivity contribution is 0.412. The van der Waals surface area contributed by atoms with Crippen LogP contribution in [-0.2, 0) is 6.54 Å². The average molecular weight is 365 g/mol. The molecule has 0 saturated heterocycles. The highest BCUT2D eigenvalue weighted by Gasteiger charge is 2.11. The number of fused-ring (bicyclic) bond motifs is 1. The third-order valence-electron chi connectivity index (χ3n) is 3.77. The molecule has 0 aliphatic rings. The Morgan fingerprint density at radius 3 is 2.50 bits per heavy atom. The lowest BCUT2D eigenvalue weighted by Gasteiger charge is -2.25. The lowest BCUT2D eigenvalue weighted by atomic mass is 10.3. The normalized spacial score (nSPS) is 10.8. The van der Waals surface area contributed by atoms with Gasteiger partial charge in [0.2, 0.25) is 0 Å². The molecule has 3 rings (SSSR count). The second kappa shape index (κ2) is 8.38. The van der Waals surface area contributed by atoms with Gasteiger partial charge in [0.05, 0.1) is 17.6 Å². The quantitative estimate of drug-likeness (QED) is 0.711. The molecule has 0 fully saturated rings. The molecule has 0 unspecified atom stereocenters. The van der Waals surface area contributed by atoms with Gasteiger partial charge in [-0.25, -0.2) is 4.98 Å². The first-order valence-corrected chi connectivity index (χ1v) is 8.08. The molecule has 0 spiro atoms. The summed E-state index contributed by atoms with van der Waals surface area (Å²) < 4.78 is 0. The van der Waals surface area contributed by atoms with Crippen LogP contribution < -0.4 is 4.90 Å². The van der Waals surface area contributed by atoms with Crippen LogP contribution in [0.25, 0.3) is 11.0 Å². The van der Waals surface area contributed by atoms with Gasteiger partial charge in [0.25, 0.3) is 0 Å². The van der Waals surface area contributed by atoms with Gasteiger partial charge in [-0.2, -0.15) is 0 Å². The second-order valence-corrected chi connectivity index (χ2v) is 6.34. The molecular weight excluding hydrogens is 343 g/mol. The molecule has 0 aliphatic carbocycles. The molecule has 24 heavy (non-hydrogen) atoms. The van der Waals surface area contributed by atoms with E-state index in [0.717, 1.165) is 41.5 Å². The van der Waals surface area contributed by atoms with E-state index in [0.29, 0.717) is 0 Å². The van der Waals surface area contributed by atoms with E-state index >= 15 is 0 Å². The molecule has 1 N–H and O–H groups in total. The number of H-pyrrole nitrogens is 1. The third-order valence-corrected chi connectivity index (χ3v) is 4.01. The molecule has 0 amide bonds. The Balaban J connectivity index is 0.00000208. The number of aromatic amines is 1. The number of anilines is 1. The number of rotatable bonds is 6. The van der Waals surface area contributed by atoms with Crippen molar-refractivity contribution in [2.75, 3.05) is 32.1 Å². The van der Waals surface area contributed by atoms with E-state index in [-0.39, 0.29) is 12.4 Å². The van der Waals surface area contributed by atoms with Gasteiger partial charge in [0, 0.05) is 23.8 Å². The molecule has 0 radical (unpaired) electrons. The van der Waals surface area contributed by atoms with Gasteiger partial charge in [-0.3, -0.25) is 0 Å². The first-order chi connectivity index (χ1) is 11.1. The maximum absolute atomic E-state index is 6.05. The Morgan fingerprint density at radius 1 is 1.04 bits per heavy atom. The number of nitrogens with one attached hydrogen (secondary N) is 1. The number of imidazole rings is 1. The molecule has 128 valence electrons. The smallest absolute Gasteiger partial charge is 0.126 e. The molecule has 3 aromatic rings. The zero-order valence-corrected chi connectivity index (χ0v) is 15.4. The Hall–Kier alpha value is -1.75. The topological polar surface area (TPSA) is 35.2 Å². The fraction of sp³-hybridized carbons (Fsp3) is 0.278. The zero-order chi connectivity index (χ0) is 16.2. The predicted octanol–water partition coefficient (Wildman–Crippen LogP) is 4.21. The van der Waals surface area contributed by atoms with Crippen molar-refractivity contribution in [1.29, 1.82) is 0 Å². The van der Waals surface area contributed by atoms with E-state index in [4.69, 9.17) is 11.6 Å². The van der Waals surface area contributed by atoms with Gasteiger partial charge in [-0.1, -0.05) is 29.8 Å². The van der Waals surface area contributed by atoms with Crippen LogP contribution >= 0.6 is 24.0 Å². The third kappa shape index (κ3) is 4.63. The second-order valence-electron chi connectivity index (χ2n) is 5.91. The minimum Gasteiger partial charge on any atom is -0.363 e. The van der Waals surface area contributed by atoms with Crippen LogP contribution in [0.4, 0.5) is 5.69 Å². The number of likely N-dealkylation sites (N-methyl/N-ethyl adjacent to an activating group) is 1. The Morgan fingerprint density at radius 2 is 1.79 bits per heavy atom. The summed E-state index contributed by atoms with van der Waals surface area (Å²) in [5.74, 6) is 0.949. The minimum absolute atomic E-state index is 0. The first-order valence-electron chi connectivity index (χ1n) is 7.71. The van der Waals surface area contributed by atoms with Crippen molar-refractivity contribution in [2.24, 2.45) is 0 Å². The summed E-state index contributed by atoms with van der Waals surface area (Å²) in [6.07, 6.45) is 0. The summed E-state index contributed by atoms with van der Waals surface area (Å²) >= 11 is 6.05. The number of hydrogen-bond donors (Lipinski definition) is 1. The van der Waals surface area contributed by atoms with Crippen molar-refractivity contribution in [3.05, 3.63) is 59.4 Å². The van der Waals surface area contributed by atoms with Crippen molar-refractivity contribution >= 4 is 40.7 Å². The molecule has 0 aliphatic heterocycles. The number of para-hydroxylation sites is 1. The lowest BCUT2D eigenvalue weighted by Crippen LogP contribution is -2.31. The van der Waals surface area contributed by atoms with Gasteiger partial charge >= 0.3 is 0 Å². The summed E-state index contributed by atoms with van der Waals surface area (Å²) in [6, 6.07) is 16.2. The first kappa shape index (κ1) is 18.6. The summed E-state index contributed by atoms with van der Waals surface area (Å²) in [7, 11) is 4.18. The summed E-state index contributed by atoms with van der Waals surface area (Å²) in [5.41, 5.74) is 3.13. The zero-order valence-electron chi connectivity index (χ0n) is 13.9. The average Bonchev–Trinajstić information content (AvgIpc) is 2.93. The monoisotopic (exact) mass is 364 g/mol. The van der Waals surface area contributed by atoms with Crippen LogP contribution in [0.3, 0.4) is 0 Å². The Bertz CT molecular complexity index is 771. The largest absolute Gasteiger partial charge is 0.363 e. The maximum atomic E-state index is 6.05. The number of hydrogen-bond acceptors (Lipinski definition) is 3. The van der Waals surface area contributed by atoms with Gasteiger partial charge in [-0.05, 0) is 44.4 Å². The minimum atomic E-state index is 0. The molecule has 0 bridgehead atoms. The highest BCUT2D eigenvalue weighted by molar-refractivity contribution is 6.31. The van der Waals surface area contributed by atoms with Gasteiger partial charge in [-0.15, -0.1) is 12.4 Å². The van der Waals surface area contributed by atoms with Gasteiger partial charge < -0.3 is 14.8 Å². The highest BCUT2D eigenvalue weighted by atomic mass is 35.5. The number of nitrogens with zero attached hydrogens (tertiary/aromatic N) is 3. The summed E-state index contributed by atoms with van der Waals surface area (Å²) in [5, 5.41) is 0.722. The standard InChI is InChI=1S/C18H21ClN4.ClH/c1-22(2)10-11-23(15-6-4-3-5-7-15)13-18-20-16-9-8-14(19)12-17(16)21-18;/h3-9,12H,10-11,13H2,1-2H3,(H,20,21);1H. The summed E-state index contributed by atoms with van der Waals surface area (Å²) in [4.78, 5) is 12.6. The van der Waals surface area contributed by atoms with Gasteiger partial charge in [0.1, 0.15) is 5.82 Å². The van der Waals surface area contributed by atoms with E-state index in [1.807, 2.05) is 24.3 Å². The van der Waals surface area contributed by atoms with Crippen LogP contribution in [0.1, 0.15) is 5.82 Å². The van der Waals surface area contributed by atoms with E-state index in [9.17, 15) is 0 Å². The van der Waals surface area contributed by atoms with Crippen LogP contribution in [0, 0.1) is 0 Å². The molecule has 2 aromatic carbocycles. The molecule has 1 aromatic heterocycles. The fourth-order valence-corrected chi connectivity index (χ4v) is 2.72. The van der Waals surface area contributed by atoms with E-state index in [1.165, 1.54) is 5.69 Å². The van der Waals surface area contributed by atoms with Crippen molar-refractivity contribution in [2.45, 2.75) is 6.54 Å². The highest BCUT2D eigenvalue weighted by Crippen LogP contribution is 2.20. The van der Waals surface area contributed by atoms with E-state index in [1.54, 1.807) is 0 Å². The van der Waals surface area contributed by atoms with Gasteiger partial charge in [0.15, 0.2) is 0 Å². The van der Waals surface area contributed by atoms with Crippen LogP contribution in [-0.4, -0.2) is 42.1 Å². The van der Waals surface area contributed by atoms with Crippen LogP contribution in [0.5, 0.6) is 0 Å². The number of halogens is 2. The number of aromatic nitrogens is 2.